The summed E-state index contributed by atoms with van der Waals surface area (Å²) < 4.78 is 10.4. The lowest BCUT2D eigenvalue weighted by Gasteiger charge is -2.09. The molecule has 0 saturated heterocycles. The molecule has 0 fully saturated rings. The van der Waals surface area contributed by atoms with E-state index in [-0.39, 0.29) is 11.7 Å². The van der Waals surface area contributed by atoms with Gasteiger partial charge in [-0.05, 0) is 36.1 Å². The molecule has 2 rings (SSSR count). The molecule has 0 heterocycles. The first kappa shape index (κ1) is 23.7. The van der Waals surface area contributed by atoms with Crippen LogP contribution in [0.3, 0.4) is 0 Å². The van der Waals surface area contributed by atoms with Crippen molar-refractivity contribution in [3.8, 4) is 16.9 Å². The molecule has 162 valence electrons. The maximum atomic E-state index is 12.3. The number of ether oxygens (including phenoxy) is 2. The standard InChI is InChI=1S/C26H34O4/c1-4-6-7-8-9-10-19-29-26(28)30-24-17-15-22(16-18-24)21-11-13-23(14-12-21)25(27)20(3)5-2/h11-18,20H,4-10,19H2,1-3H3. The molecular formula is C26H34O4. The SMILES string of the molecule is CCCCCCCCOC(=O)Oc1ccc(-c2ccc(C(=O)C(C)CC)cc2)cc1. The highest BCUT2D eigenvalue weighted by atomic mass is 16.7. The number of ketones is 1. The Morgan fingerprint density at radius 1 is 0.800 bits per heavy atom. The third-order valence-electron chi connectivity index (χ3n) is 5.34. The Morgan fingerprint density at radius 2 is 1.37 bits per heavy atom. The lowest BCUT2D eigenvalue weighted by Crippen LogP contribution is -2.11. The van der Waals surface area contributed by atoms with Gasteiger partial charge in [-0.3, -0.25) is 4.79 Å². The van der Waals surface area contributed by atoms with E-state index in [9.17, 15) is 9.59 Å². The van der Waals surface area contributed by atoms with Gasteiger partial charge in [-0.25, -0.2) is 4.79 Å². The summed E-state index contributed by atoms with van der Waals surface area (Å²) in [4.78, 5) is 24.1. The second-order valence-corrected chi connectivity index (χ2v) is 7.74. The summed E-state index contributed by atoms with van der Waals surface area (Å²) in [5.41, 5.74) is 2.74. The molecule has 0 aliphatic rings. The Labute approximate surface area is 180 Å². The topological polar surface area (TPSA) is 52.6 Å². The molecule has 0 amide bonds. The zero-order valence-corrected chi connectivity index (χ0v) is 18.5. The van der Waals surface area contributed by atoms with Crippen LogP contribution in [0, 0.1) is 5.92 Å². The Hall–Kier alpha value is -2.62. The minimum Gasteiger partial charge on any atom is -0.434 e. The van der Waals surface area contributed by atoms with Gasteiger partial charge in [-0.2, -0.15) is 0 Å². The predicted molar refractivity (Wildman–Crippen MR) is 121 cm³/mol. The second kappa shape index (κ2) is 12.8. The van der Waals surface area contributed by atoms with Gasteiger partial charge >= 0.3 is 6.16 Å². The fourth-order valence-corrected chi connectivity index (χ4v) is 3.18. The molecule has 0 radical (unpaired) electrons. The number of carbonyl (C=O) groups is 2. The normalized spacial score (nSPS) is 11.7. The maximum absolute atomic E-state index is 12.3. The lowest BCUT2D eigenvalue weighted by atomic mass is 9.95. The molecule has 2 aromatic rings. The van der Waals surface area contributed by atoms with Crippen molar-refractivity contribution in [2.75, 3.05) is 6.61 Å². The Balaban J connectivity index is 1.80. The quantitative estimate of drug-likeness (QED) is 0.158. The van der Waals surface area contributed by atoms with Crippen molar-refractivity contribution in [2.24, 2.45) is 5.92 Å². The van der Waals surface area contributed by atoms with Crippen molar-refractivity contribution in [3.63, 3.8) is 0 Å². The average molecular weight is 411 g/mol. The van der Waals surface area contributed by atoms with E-state index in [4.69, 9.17) is 9.47 Å². The van der Waals surface area contributed by atoms with Crippen molar-refractivity contribution in [1.29, 1.82) is 0 Å². The van der Waals surface area contributed by atoms with Crippen molar-refractivity contribution in [1.82, 2.24) is 0 Å². The molecule has 0 N–H and O–H groups in total. The van der Waals surface area contributed by atoms with Crippen LogP contribution in [0.15, 0.2) is 48.5 Å². The molecule has 0 aromatic heterocycles. The summed E-state index contributed by atoms with van der Waals surface area (Å²) in [6.45, 7) is 6.56. The molecule has 0 aliphatic heterocycles. The van der Waals surface area contributed by atoms with E-state index in [1.165, 1.54) is 25.7 Å². The Kier molecular flexibility index (Phi) is 10.1. The predicted octanol–water partition coefficient (Wildman–Crippen LogP) is 7.46. The first-order chi connectivity index (χ1) is 14.5. The van der Waals surface area contributed by atoms with E-state index in [0.29, 0.717) is 12.4 Å². The van der Waals surface area contributed by atoms with Crippen LogP contribution in [-0.4, -0.2) is 18.5 Å². The van der Waals surface area contributed by atoms with Gasteiger partial charge < -0.3 is 9.47 Å². The van der Waals surface area contributed by atoms with Gasteiger partial charge in [0.15, 0.2) is 5.78 Å². The number of benzene rings is 2. The van der Waals surface area contributed by atoms with E-state index in [2.05, 4.69) is 6.92 Å². The van der Waals surface area contributed by atoms with Crippen LogP contribution >= 0.6 is 0 Å². The van der Waals surface area contributed by atoms with E-state index < -0.39 is 6.16 Å². The molecule has 1 atom stereocenters. The van der Waals surface area contributed by atoms with E-state index in [1.54, 1.807) is 12.1 Å². The Bertz CT molecular complexity index is 778. The van der Waals surface area contributed by atoms with Crippen molar-refractivity contribution in [2.45, 2.75) is 65.7 Å². The summed E-state index contributed by atoms with van der Waals surface area (Å²) in [7, 11) is 0. The molecule has 30 heavy (non-hydrogen) atoms. The van der Waals surface area contributed by atoms with Crippen LogP contribution in [0.4, 0.5) is 4.79 Å². The monoisotopic (exact) mass is 410 g/mol. The number of rotatable bonds is 12. The minimum absolute atomic E-state index is 0.0353. The molecule has 1 unspecified atom stereocenters. The summed E-state index contributed by atoms with van der Waals surface area (Å²) in [6, 6.07) is 14.9. The van der Waals surface area contributed by atoms with E-state index >= 15 is 0 Å². The fraction of sp³-hybridized carbons (Fsp3) is 0.462. The number of hydrogen-bond acceptors (Lipinski definition) is 4. The fourth-order valence-electron chi connectivity index (χ4n) is 3.18. The number of hydrogen-bond donors (Lipinski definition) is 0. The second-order valence-electron chi connectivity index (χ2n) is 7.74. The average Bonchev–Trinajstić information content (AvgIpc) is 2.78. The smallest absolute Gasteiger partial charge is 0.434 e. The van der Waals surface area contributed by atoms with Gasteiger partial charge in [0, 0.05) is 11.5 Å². The molecular weight excluding hydrogens is 376 g/mol. The number of carbonyl (C=O) groups excluding carboxylic acids is 2. The van der Waals surface area contributed by atoms with Gasteiger partial charge in [0.05, 0.1) is 6.61 Å². The summed E-state index contributed by atoms with van der Waals surface area (Å²) in [5, 5.41) is 0. The zero-order chi connectivity index (χ0) is 21.8. The summed E-state index contributed by atoms with van der Waals surface area (Å²) >= 11 is 0. The largest absolute Gasteiger partial charge is 0.513 e. The minimum atomic E-state index is -0.663. The van der Waals surface area contributed by atoms with Gasteiger partial charge in [0.2, 0.25) is 0 Å². The van der Waals surface area contributed by atoms with Gasteiger partial charge in [0.1, 0.15) is 5.75 Å². The van der Waals surface area contributed by atoms with Crippen LogP contribution in [0.1, 0.15) is 76.1 Å². The number of Topliss-reactive ketones (excluding diaryl/α,β-unsaturated/α-hetero) is 1. The third-order valence-corrected chi connectivity index (χ3v) is 5.34. The highest BCUT2D eigenvalue weighted by Gasteiger charge is 2.13. The zero-order valence-electron chi connectivity index (χ0n) is 18.5. The van der Waals surface area contributed by atoms with E-state index in [0.717, 1.165) is 36.0 Å². The highest BCUT2D eigenvalue weighted by molar-refractivity contribution is 5.98. The first-order valence-electron chi connectivity index (χ1n) is 11.1. The molecule has 0 saturated carbocycles. The van der Waals surface area contributed by atoms with Crippen LogP contribution in [-0.2, 0) is 4.74 Å². The van der Waals surface area contributed by atoms with Gasteiger partial charge in [-0.15, -0.1) is 0 Å². The van der Waals surface area contributed by atoms with Crippen molar-refractivity contribution < 1.29 is 19.1 Å². The molecule has 2 aromatic carbocycles. The molecule has 4 nitrogen and oxygen atoms in total. The molecule has 0 spiro atoms. The highest BCUT2D eigenvalue weighted by Crippen LogP contribution is 2.24. The number of unbranched alkanes of at least 4 members (excludes halogenated alkanes) is 5. The van der Waals surface area contributed by atoms with Crippen molar-refractivity contribution in [3.05, 3.63) is 54.1 Å². The lowest BCUT2D eigenvalue weighted by molar-refractivity contribution is 0.0925. The van der Waals surface area contributed by atoms with Gasteiger partial charge in [0.25, 0.3) is 0 Å². The van der Waals surface area contributed by atoms with Crippen LogP contribution < -0.4 is 4.74 Å². The van der Waals surface area contributed by atoms with Gasteiger partial charge in [-0.1, -0.05) is 89.3 Å². The summed E-state index contributed by atoms with van der Waals surface area (Å²) in [6.07, 6.45) is 7.03. The van der Waals surface area contributed by atoms with Crippen LogP contribution in [0.2, 0.25) is 0 Å². The van der Waals surface area contributed by atoms with Crippen molar-refractivity contribution >= 4 is 11.9 Å². The van der Waals surface area contributed by atoms with E-state index in [1.807, 2.05) is 50.2 Å². The molecule has 4 heteroatoms. The maximum Gasteiger partial charge on any atom is 0.513 e. The molecule has 0 aliphatic carbocycles. The Morgan fingerprint density at radius 3 is 1.97 bits per heavy atom. The molecule has 0 bridgehead atoms. The van der Waals surface area contributed by atoms with Crippen LogP contribution in [0.25, 0.3) is 11.1 Å². The third kappa shape index (κ3) is 7.66. The summed E-state index contributed by atoms with van der Waals surface area (Å²) in [5.74, 6) is 0.663. The first-order valence-corrected chi connectivity index (χ1v) is 11.1. The van der Waals surface area contributed by atoms with Crippen LogP contribution in [0.5, 0.6) is 5.75 Å².